The number of nitrogens with zero attached hydrogens (tertiary/aromatic N) is 1. The van der Waals surface area contributed by atoms with Crippen LogP contribution < -0.4 is 0 Å². The molecule has 3 aromatic carbocycles. The number of rotatable bonds is 4. The second-order valence-electron chi connectivity index (χ2n) is 6.02. The molecule has 0 spiro atoms. The summed E-state index contributed by atoms with van der Waals surface area (Å²) in [4.78, 5) is 27.4. The van der Waals surface area contributed by atoms with Crippen molar-refractivity contribution >= 4 is 49.3 Å². The van der Waals surface area contributed by atoms with Gasteiger partial charge in [-0.2, -0.15) is 0 Å². The molecule has 0 radical (unpaired) electrons. The highest BCUT2D eigenvalue weighted by Gasteiger charge is 2.34. The standard InChI is InChI=1S/C20H16BrNO3/c1-25-10-9-22-19(23)15-8-4-7-14-16(11-21)12-5-2-3-6-13(12)18(17(14)15)20(22)24/h2-8H,9-11H2,1H3. The maximum Gasteiger partial charge on any atom is 0.262 e. The molecule has 1 aliphatic heterocycles. The molecule has 1 heterocycles. The number of carbonyl (C=O) groups is 2. The average molecular weight is 398 g/mol. The first kappa shape index (κ1) is 16.2. The minimum Gasteiger partial charge on any atom is -0.383 e. The summed E-state index contributed by atoms with van der Waals surface area (Å²) in [5.74, 6) is -0.501. The van der Waals surface area contributed by atoms with Gasteiger partial charge in [0, 0.05) is 23.4 Å². The summed E-state index contributed by atoms with van der Waals surface area (Å²) in [5, 5.41) is 4.30. The van der Waals surface area contributed by atoms with E-state index in [-0.39, 0.29) is 18.4 Å². The maximum absolute atomic E-state index is 13.2. The van der Waals surface area contributed by atoms with Crippen molar-refractivity contribution in [1.82, 2.24) is 4.90 Å². The number of imide groups is 1. The van der Waals surface area contributed by atoms with Crippen LogP contribution in [0.25, 0.3) is 21.5 Å². The predicted octanol–water partition coefficient (Wildman–Crippen LogP) is 4.13. The molecule has 0 bridgehead atoms. The Morgan fingerprint density at radius 3 is 2.40 bits per heavy atom. The van der Waals surface area contributed by atoms with Crippen LogP contribution in [0.15, 0.2) is 42.5 Å². The summed E-state index contributed by atoms with van der Waals surface area (Å²) >= 11 is 3.57. The number of alkyl halides is 1. The van der Waals surface area contributed by atoms with Gasteiger partial charge in [-0.3, -0.25) is 14.5 Å². The topological polar surface area (TPSA) is 46.6 Å². The number of halogens is 1. The van der Waals surface area contributed by atoms with Gasteiger partial charge in [-0.25, -0.2) is 0 Å². The number of hydrogen-bond acceptors (Lipinski definition) is 3. The third-order valence-electron chi connectivity index (χ3n) is 4.75. The first-order valence-electron chi connectivity index (χ1n) is 8.06. The number of carbonyl (C=O) groups excluding carboxylic acids is 2. The molecular formula is C20H16BrNO3. The number of fused-ring (bicyclic) bond motifs is 2. The smallest absolute Gasteiger partial charge is 0.262 e. The van der Waals surface area contributed by atoms with Crippen LogP contribution in [0.1, 0.15) is 26.3 Å². The predicted molar refractivity (Wildman–Crippen MR) is 101 cm³/mol. The van der Waals surface area contributed by atoms with E-state index in [0.29, 0.717) is 23.1 Å². The van der Waals surface area contributed by atoms with Crippen molar-refractivity contribution in [2.75, 3.05) is 20.3 Å². The summed E-state index contributed by atoms with van der Waals surface area (Å²) in [6.07, 6.45) is 0. The lowest BCUT2D eigenvalue weighted by Crippen LogP contribution is -2.42. The van der Waals surface area contributed by atoms with Crippen LogP contribution in [0.2, 0.25) is 0 Å². The molecule has 0 N–H and O–H groups in total. The Labute approximate surface area is 153 Å². The van der Waals surface area contributed by atoms with Crippen molar-refractivity contribution < 1.29 is 14.3 Å². The van der Waals surface area contributed by atoms with Crippen LogP contribution in [0.5, 0.6) is 0 Å². The number of benzene rings is 3. The van der Waals surface area contributed by atoms with E-state index >= 15 is 0 Å². The van der Waals surface area contributed by atoms with Crippen molar-refractivity contribution in [2.45, 2.75) is 5.33 Å². The van der Waals surface area contributed by atoms with Gasteiger partial charge < -0.3 is 4.74 Å². The van der Waals surface area contributed by atoms with Gasteiger partial charge in [0.2, 0.25) is 0 Å². The van der Waals surface area contributed by atoms with E-state index in [2.05, 4.69) is 15.9 Å². The van der Waals surface area contributed by atoms with Crippen LogP contribution >= 0.6 is 15.9 Å². The van der Waals surface area contributed by atoms with E-state index in [1.54, 1.807) is 13.2 Å². The van der Waals surface area contributed by atoms with E-state index in [1.165, 1.54) is 4.90 Å². The summed E-state index contributed by atoms with van der Waals surface area (Å²) in [6, 6.07) is 13.5. The lowest BCUT2D eigenvalue weighted by atomic mass is 9.87. The molecule has 0 saturated heterocycles. The first-order valence-corrected chi connectivity index (χ1v) is 9.18. The van der Waals surface area contributed by atoms with E-state index in [9.17, 15) is 9.59 Å². The molecule has 0 atom stereocenters. The fraction of sp³-hybridized carbons (Fsp3) is 0.200. The van der Waals surface area contributed by atoms with Crippen molar-refractivity contribution in [1.29, 1.82) is 0 Å². The molecule has 1 aliphatic rings. The summed E-state index contributed by atoms with van der Waals surface area (Å²) in [6.45, 7) is 0.568. The summed E-state index contributed by atoms with van der Waals surface area (Å²) in [7, 11) is 1.56. The Morgan fingerprint density at radius 1 is 0.960 bits per heavy atom. The van der Waals surface area contributed by atoms with Crippen molar-refractivity contribution in [3.05, 3.63) is 59.2 Å². The molecule has 0 fully saturated rings. The number of amides is 2. The molecule has 4 rings (SSSR count). The number of methoxy groups -OCH3 is 1. The van der Waals surface area contributed by atoms with Gasteiger partial charge in [0.05, 0.1) is 18.7 Å². The Balaban J connectivity index is 2.13. The van der Waals surface area contributed by atoms with E-state index in [4.69, 9.17) is 4.74 Å². The van der Waals surface area contributed by atoms with Crippen LogP contribution in [0.3, 0.4) is 0 Å². The number of ether oxygens (including phenoxy) is 1. The lowest BCUT2D eigenvalue weighted by molar-refractivity contribution is 0.0561. The fourth-order valence-electron chi connectivity index (χ4n) is 3.62. The van der Waals surface area contributed by atoms with Gasteiger partial charge in [-0.05, 0) is 27.8 Å². The van der Waals surface area contributed by atoms with Gasteiger partial charge in [0.25, 0.3) is 11.8 Å². The van der Waals surface area contributed by atoms with Crippen LogP contribution in [-0.4, -0.2) is 37.0 Å². The van der Waals surface area contributed by atoms with Crippen LogP contribution in [0.4, 0.5) is 0 Å². The molecule has 5 heteroatoms. The van der Waals surface area contributed by atoms with Crippen LogP contribution in [-0.2, 0) is 10.1 Å². The lowest BCUT2D eigenvalue weighted by Gasteiger charge is -2.29. The molecule has 3 aromatic rings. The largest absolute Gasteiger partial charge is 0.383 e. The highest BCUT2D eigenvalue weighted by atomic mass is 79.9. The van der Waals surface area contributed by atoms with E-state index in [1.807, 2.05) is 36.4 Å². The zero-order valence-corrected chi connectivity index (χ0v) is 15.3. The first-order chi connectivity index (χ1) is 12.2. The average Bonchev–Trinajstić information content (AvgIpc) is 2.64. The summed E-state index contributed by atoms with van der Waals surface area (Å²) < 4.78 is 5.07. The van der Waals surface area contributed by atoms with Crippen LogP contribution in [0, 0.1) is 0 Å². The quantitative estimate of drug-likeness (QED) is 0.377. The fourth-order valence-corrected chi connectivity index (χ4v) is 4.22. The third kappa shape index (κ3) is 2.30. The Morgan fingerprint density at radius 2 is 1.68 bits per heavy atom. The number of hydrogen-bond donors (Lipinski definition) is 0. The molecule has 4 nitrogen and oxygen atoms in total. The van der Waals surface area contributed by atoms with Gasteiger partial charge in [-0.1, -0.05) is 52.3 Å². The minimum absolute atomic E-state index is 0.247. The zero-order valence-electron chi connectivity index (χ0n) is 13.7. The van der Waals surface area contributed by atoms with Crippen molar-refractivity contribution in [2.24, 2.45) is 0 Å². The normalized spacial score (nSPS) is 13.9. The second kappa shape index (κ2) is 6.24. The maximum atomic E-state index is 13.2. The Bertz CT molecular complexity index is 1030. The molecule has 25 heavy (non-hydrogen) atoms. The highest BCUT2D eigenvalue weighted by Crippen LogP contribution is 2.39. The Hall–Kier alpha value is -2.24. The zero-order chi connectivity index (χ0) is 17.6. The van der Waals surface area contributed by atoms with Gasteiger partial charge in [0.15, 0.2) is 0 Å². The van der Waals surface area contributed by atoms with Gasteiger partial charge in [0.1, 0.15) is 0 Å². The molecule has 0 unspecified atom stereocenters. The molecular weight excluding hydrogens is 382 g/mol. The molecule has 0 aromatic heterocycles. The van der Waals surface area contributed by atoms with Crippen molar-refractivity contribution in [3.8, 4) is 0 Å². The molecule has 126 valence electrons. The SMILES string of the molecule is COCCN1C(=O)c2cccc3c(CBr)c4ccccc4c(c23)C1=O. The van der Waals surface area contributed by atoms with Gasteiger partial charge >= 0.3 is 0 Å². The molecule has 2 amide bonds. The molecule has 0 saturated carbocycles. The van der Waals surface area contributed by atoms with E-state index < -0.39 is 0 Å². The van der Waals surface area contributed by atoms with Crippen molar-refractivity contribution in [3.63, 3.8) is 0 Å². The minimum atomic E-state index is -0.254. The summed E-state index contributed by atoms with van der Waals surface area (Å²) in [5.41, 5.74) is 2.29. The molecule has 0 aliphatic carbocycles. The second-order valence-corrected chi connectivity index (χ2v) is 6.58. The highest BCUT2D eigenvalue weighted by molar-refractivity contribution is 9.08. The third-order valence-corrected chi connectivity index (χ3v) is 5.31. The monoisotopic (exact) mass is 397 g/mol. The Kier molecular flexibility index (Phi) is 4.06. The van der Waals surface area contributed by atoms with Gasteiger partial charge in [-0.15, -0.1) is 0 Å². The van der Waals surface area contributed by atoms with E-state index in [0.717, 1.165) is 27.1 Å².